The molecule has 0 aliphatic carbocycles. The molecule has 0 fully saturated rings. The van der Waals surface area contributed by atoms with E-state index in [4.69, 9.17) is 32.7 Å². The first-order valence-corrected chi connectivity index (χ1v) is 8.77. The Balaban J connectivity index is 1.73. The molecule has 126 valence electrons. The standard InChI is InChI=1S/C14H10Cl2N2O5S/c15-9-4-10(16)6-11(5-9)24(20,21)18-17-14(19)8-1-2-12-13(3-8)23-7-22-12/h1-6,18H,7H2,(H,17,19). The monoisotopic (exact) mass is 388 g/mol. The number of rotatable bonds is 4. The number of halogens is 2. The molecular weight excluding hydrogens is 379 g/mol. The van der Waals surface area contributed by atoms with Crippen LogP contribution < -0.4 is 19.7 Å². The maximum Gasteiger partial charge on any atom is 0.266 e. The first-order valence-electron chi connectivity index (χ1n) is 6.53. The molecule has 2 aromatic rings. The van der Waals surface area contributed by atoms with Crippen LogP contribution in [0.15, 0.2) is 41.3 Å². The number of sulfonamides is 1. The SMILES string of the molecule is O=C(NNS(=O)(=O)c1cc(Cl)cc(Cl)c1)c1ccc2c(c1)OCO2. The predicted molar refractivity (Wildman–Crippen MR) is 86.8 cm³/mol. The molecule has 0 saturated heterocycles. The van der Waals surface area contributed by atoms with Crippen LogP contribution in [-0.4, -0.2) is 21.1 Å². The normalized spacial score (nSPS) is 12.9. The lowest BCUT2D eigenvalue weighted by Crippen LogP contribution is -2.41. The first kappa shape index (κ1) is 16.8. The van der Waals surface area contributed by atoms with Crippen molar-refractivity contribution in [1.29, 1.82) is 0 Å². The largest absolute Gasteiger partial charge is 0.454 e. The lowest BCUT2D eigenvalue weighted by molar-refractivity contribution is 0.0944. The van der Waals surface area contributed by atoms with Crippen LogP contribution >= 0.6 is 23.2 Å². The summed E-state index contributed by atoms with van der Waals surface area (Å²) >= 11 is 11.6. The Hall–Kier alpha value is -2.00. The van der Waals surface area contributed by atoms with Crippen molar-refractivity contribution < 1.29 is 22.7 Å². The molecule has 0 radical (unpaired) electrons. The van der Waals surface area contributed by atoms with Gasteiger partial charge in [-0.1, -0.05) is 23.2 Å². The average molecular weight is 389 g/mol. The number of ether oxygens (including phenoxy) is 2. The van der Waals surface area contributed by atoms with Gasteiger partial charge in [0, 0.05) is 15.6 Å². The minimum atomic E-state index is -4.03. The van der Waals surface area contributed by atoms with Gasteiger partial charge in [0.25, 0.3) is 15.9 Å². The Morgan fingerprint density at radius 3 is 2.38 bits per heavy atom. The minimum Gasteiger partial charge on any atom is -0.454 e. The van der Waals surface area contributed by atoms with Gasteiger partial charge in [0.15, 0.2) is 11.5 Å². The molecule has 1 aliphatic heterocycles. The fraction of sp³-hybridized carbons (Fsp3) is 0.0714. The zero-order valence-corrected chi connectivity index (χ0v) is 14.2. The summed E-state index contributed by atoms with van der Waals surface area (Å²) in [7, 11) is -4.03. The predicted octanol–water partition coefficient (Wildman–Crippen LogP) is 2.35. The Kier molecular flexibility index (Phi) is 4.55. The van der Waals surface area contributed by atoms with Gasteiger partial charge < -0.3 is 9.47 Å². The van der Waals surface area contributed by atoms with Crippen LogP contribution in [0, 0.1) is 0 Å². The van der Waals surface area contributed by atoms with Gasteiger partial charge >= 0.3 is 0 Å². The number of hydrazine groups is 1. The van der Waals surface area contributed by atoms with E-state index in [2.05, 4.69) is 5.43 Å². The summed E-state index contributed by atoms with van der Waals surface area (Å²) in [5, 5.41) is 0.315. The summed E-state index contributed by atoms with van der Waals surface area (Å²) in [5.41, 5.74) is 2.31. The molecule has 0 bridgehead atoms. The van der Waals surface area contributed by atoms with E-state index >= 15 is 0 Å². The van der Waals surface area contributed by atoms with Crippen molar-refractivity contribution in [3.05, 3.63) is 52.0 Å². The van der Waals surface area contributed by atoms with E-state index < -0.39 is 15.9 Å². The van der Waals surface area contributed by atoms with Gasteiger partial charge in [0.1, 0.15) is 0 Å². The average Bonchev–Trinajstić information content (AvgIpc) is 2.99. The van der Waals surface area contributed by atoms with Gasteiger partial charge in [-0.15, -0.1) is 4.83 Å². The number of hydrogen-bond acceptors (Lipinski definition) is 5. The van der Waals surface area contributed by atoms with Gasteiger partial charge in [-0.3, -0.25) is 10.2 Å². The van der Waals surface area contributed by atoms with E-state index in [1.54, 1.807) is 6.07 Å². The van der Waals surface area contributed by atoms with Crippen molar-refractivity contribution in [2.24, 2.45) is 0 Å². The van der Waals surface area contributed by atoms with Crippen LogP contribution in [0.5, 0.6) is 11.5 Å². The third-order valence-electron chi connectivity index (χ3n) is 3.08. The fourth-order valence-corrected chi connectivity index (χ4v) is 3.53. The topological polar surface area (TPSA) is 93.7 Å². The van der Waals surface area contributed by atoms with Crippen molar-refractivity contribution >= 4 is 39.1 Å². The molecule has 0 unspecified atom stereocenters. The summed E-state index contributed by atoms with van der Waals surface area (Å²) in [6.07, 6.45) is 0. The van der Waals surface area contributed by atoms with Crippen LogP contribution in [0.3, 0.4) is 0 Å². The van der Waals surface area contributed by atoms with Gasteiger partial charge in [0.05, 0.1) is 4.90 Å². The third-order valence-corrected chi connectivity index (χ3v) is 4.74. The lowest BCUT2D eigenvalue weighted by Gasteiger charge is -2.09. The summed E-state index contributed by atoms with van der Waals surface area (Å²) < 4.78 is 34.6. The van der Waals surface area contributed by atoms with Crippen molar-refractivity contribution in [2.45, 2.75) is 4.90 Å². The Morgan fingerprint density at radius 2 is 1.67 bits per heavy atom. The van der Waals surface area contributed by atoms with Gasteiger partial charge in [-0.05, 0) is 36.4 Å². The molecule has 1 amide bonds. The Morgan fingerprint density at radius 1 is 1.00 bits per heavy atom. The first-order chi connectivity index (χ1) is 11.3. The van der Waals surface area contributed by atoms with E-state index in [0.29, 0.717) is 11.5 Å². The number of fused-ring (bicyclic) bond motifs is 1. The number of benzene rings is 2. The van der Waals surface area contributed by atoms with E-state index in [0.717, 1.165) is 0 Å². The summed E-state index contributed by atoms with van der Waals surface area (Å²) in [6, 6.07) is 8.30. The smallest absolute Gasteiger partial charge is 0.266 e. The van der Waals surface area contributed by atoms with Crippen LogP contribution in [0.4, 0.5) is 0 Å². The molecule has 0 spiro atoms. The zero-order valence-electron chi connectivity index (χ0n) is 11.9. The molecule has 0 saturated carbocycles. The maximum atomic E-state index is 12.2. The van der Waals surface area contributed by atoms with E-state index in [-0.39, 0.29) is 27.3 Å². The highest BCUT2D eigenvalue weighted by molar-refractivity contribution is 7.89. The molecule has 2 aromatic carbocycles. The molecular formula is C14H10Cl2N2O5S. The maximum absolute atomic E-state index is 12.2. The van der Waals surface area contributed by atoms with Crippen LogP contribution in [-0.2, 0) is 10.0 Å². The summed E-state index contributed by atoms with van der Waals surface area (Å²) in [4.78, 5) is 13.9. The van der Waals surface area contributed by atoms with Crippen molar-refractivity contribution in [1.82, 2.24) is 10.3 Å². The fourth-order valence-electron chi connectivity index (χ4n) is 1.97. The molecule has 0 aromatic heterocycles. The number of hydrogen-bond donors (Lipinski definition) is 2. The number of carbonyl (C=O) groups excluding carboxylic acids is 1. The molecule has 10 heteroatoms. The Labute approximate surface area is 147 Å². The molecule has 2 N–H and O–H groups in total. The van der Waals surface area contributed by atoms with Crippen LogP contribution in [0.2, 0.25) is 10.0 Å². The molecule has 1 aliphatic rings. The highest BCUT2D eigenvalue weighted by atomic mass is 35.5. The highest BCUT2D eigenvalue weighted by Gasteiger charge is 2.19. The second kappa shape index (κ2) is 6.48. The second-order valence-electron chi connectivity index (χ2n) is 4.73. The van der Waals surface area contributed by atoms with E-state index in [1.165, 1.54) is 30.3 Å². The van der Waals surface area contributed by atoms with Gasteiger partial charge in [0.2, 0.25) is 6.79 Å². The number of amides is 1. The summed E-state index contributed by atoms with van der Waals surface area (Å²) in [5.74, 6) is 0.262. The second-order valence-corrected chi connectivity index (χ2v) is 7.29. The summed E-state index contributed by atoms with van der Waals surface area (Å²) in [6.45, 7) is 0.0720. The third kappa shape index (κ3) is 3.57. The van der Waals surface area contributed by atoms with Crippen LogP contribution in [0.25, 0.3) is 0 Å². The lowest BCUT2D eigenvalue weighted by atomic mass is 10.2. The number of carbonyl (C=O) groups is 1. The molecule has 0 atom stereocenters. The van der Waals surface area contributed by atoms with Crippen molar-refractivity contribution in [3.8, 4) is 11.5 Å². The molecule has 3 rings (SSSR count). The zero-order chi connectivity index (χ0) is 17.3. The highest BCUT2D eigenvalue weighted by Crippen LogP contribution is 2.32. The Bertz CT molecular complexity index is 897. The van der Waals surface area contributed by atoms with Crippen LogP contribution in [0.1, 0.15) is 10.4 Å². The quantitative estimate of drug-likeness (QED) is 0.783. The minimum absolute atomic E-state index is 0.0720. The molecule has 1 heterocycles. The molecule has 7 nitrogen and oxygen atoms in total. The molecule has 24 heavy (non-hydrogen) atoms. The van der Waals surface area contributed by atoms with Crippen molar-refractivity contribution in [2.75, 3.05) is 6.79 Å². The van der Waals surface area contributed by atoms with Gasteiger partial charge in [-0.25, -0.2) is 8.42 Å². The van der Waals surface area contributed by atoms with E-state index in [1.807, 2.05) is 4.83 Å². The van der Waals surface area contributed by atoms with Crippen molar-refractivity contribution in [3.63, 3.8) is 0 Å². The number of nitrogens with one attached hydrogen (secondary N) is 2. The van der Waals surface area contributed by atoms with Gasteiger partial charge in [-0.2, -0.15) is 0 Å². The van der Waals surface area contributed by atoms with E-state index in [9.17, 15) is 13.2 Å².